The first-order chi connectivity index (χ1) is 11.4. The first-order valence-corrected chi connectivity index (χ1v) is 8.03. The van der Waals surface area contributed by atoms with Crippen LogP contribution in [0.25, 0.3) is 0 Å². The summed E-state index contributed by atoms with van der Waals surface area (Å²) in [7, 11) is 1.80. The summed E-state index contributed by atoms with van der Waals surface area (Å²) < 4.78 is 1.69. The Hall–Kier alpha value is -2.63. The number of hydrogen-bond donors (Lipinski definition) is 1. The van der Waals surface area contributed by atoms with Crippen molar-refractivity contribution in [3.63, 3.8) is 0 Å². The minimum Gasteiger partial charge on any atom is -0.480 e. The Balaban J connectivity index is 1.95. The summed E-state index contributed by atoms with van der Waals surface area (Å²) in [5, 5.41) is 13.8. The molecule has 0 aliphatic carbocycles. The lowest BCUT2D eigenvalue weighted by atomic mass is 9.93. The van der Waals surface area contributed by atoms with Crippen molar-refractivity contribution >= 4 is 11.9 Å². The van der Waals surface area contributed by atoms with Crippen LogP contribution >= 0.6 is 0 Å². The molecule has 1 atom stereocenters. The molecule has 1 aliphatic rings. The molecule has 2 heterocycles. The number of rotatable bonds is 3. The molecule has 126 valence electrons. The van der Waals surface area contributed by atoms with Crippen LogP contribution < -0.4 is 0 Å². The standard InChI is InChI=1S/C18H21N3O3/c1-11(2)15-9-14(19-20(15)3)17(22)21-10-13-7-5-4-6-12(13)8-16(21)18(23)24/h4-7,9,11,16H,8,10H2,1-3H3,(H,23,24)/t16-/m0/s1. The SMILES string of the molecule is CC(C)c1cc(C(=O)N2Cc3ccccc3C[C@H]2C(=O)O)nn1C. The molecule has 1 amide bonds. The summed E-state index contributed by atoms with van der Waals surface area (Å²) in [6.45, 7) is 4.35. The summed E-state index contributed by atoms with van der Waals surface area (Å²) in [6, 6.07) is 8.54. The molecule has 0 bridgehead atoms. The van der Waals surface area contributed by atoms with E-state index in [4.69, 9.17) is 0 Å². The maximum atomic E-state index is 12.9. The zero-order valence-corrected chi connectivity index (χ0v) is 14.1. The van der Waals surface area contributed by atoms with Crippen molar-refractivity contribution in [1.29, 1.82) is 0 Å². The molecule has 1 aromatic carbocycles. The molecule has 1 aliphatic heterocycles. The maximum Gasteiger partial charge on any atom is 0.326 e. The number of hydrogen-bond acceptors (Lipinski definition) is 3. The fourth-order valence-corrected chi connectivity index (χ4v) is 3.23. The monoisotopic (exact) mass is 327 g/mol. The van der Waals surface area contributed by atoms with Gasteiger partial charge >= 0.3 is 5.97 Å². The minimum atomic E-state index is -0.988. The molecule has 0 fully saturated rings. The molecule has 0 unspecified atom stereocenters. The first kappa shape index (κ1) is 16.2. The van der Waals surface area contributed by atoms with Crippen LogP contribution in [-0.2, 0) is 24.8 Å². The van der Waals surface area contributed by atoms with Crippen molar-refractivity contribution in [3.05, 3.63) is 52.8 Å². The number of fused-ring (bicyclic) bond motifs is 1. The summed E-state index contributed by atoms with van der Waals surface area (Å²) in [5.74, 6) is -1.08. The van der Waals surface area contributed by atoms with Gasteiger partial charge in [-0.3, -0.25) is 9.48 Å². The highest BCUT2D eigenvalue weighted by Crippen LogP contribution is 2.25. The van der Waals surface area contributed by atoms with E-state index in [-0.39, 0.29) is 11.8 Å². The number of carboxylic acids is 1. The number of aliphatic carboxylic acids is 1. The van der Waals surface area contributed by atoms with Crippen LogP contribution in [0.2, 0.25) is 0 Å². The molecule has 6 nitrogen and oxygen atoms in total. The number of amides is 1. The summed E-state index contributed by atoms with van der Waals surface area (Å²) >= 11 is 0. The van der Waals surface area contributed by atoms with Gasteiger partial charge in [-0.15, -0.1) is 0 Å². The van der Waals surface area contributed by atoms with Gasteiger partial charge in [-0.25, -0.2) is 4.79 Å². The van der Waals surface area contributed by atoms with Gasteiger partial charge in [0.05, 0.1) is 0 Å². The van der Waals surface area contributed by atoms with Gasteiger partial charge in [0.2, 0.25) is 0 Å². The van der Waals surface area contributed by atoms with E-state index in [1.54, 1.807) is 17.8 Å². The summed E-state index contributed by atoms with van der Waals surface area (Å²) in [5.41, 5.74) is 3.22. The van der Waals surface area contributed by atoms with Crippen LogP contribution in [0.4, 0.5) is 0 Å². The lowest BCUT2D eigenvalue weighted by molar-refractivity contribution is -0.142. The number of carbonyl (C=O) groups excluding carboxylic acids is 1. The van der Waals surface area contributed by atoms with Gasteiger partial charge in [-0.1, -0.05) is 38.1 Å². The molecule has 24 heavy (non-hydrogen) atoms. The van der Waals surface area contributed by atoms with Crippen molar-refractivity contribution in [1.82, 2.24) is 14.7 Å². The van der Waals surface area contributed by atoms with E-state index in [1.165, 1.54) is 4.90 Å². The van der Waals surface area contributed by atoms with Crippen LogP contribution in [0, 0.1) is 0 Å². The number of carbonyl (C=O) groups is 2. The third-order valence-corrected chi connectivity index (χ3v) is 4.52. The van der Waals surface area contributed by atoms with Crippen molar-refractivity contribution in [2.45, 2.75) is 38.8 Å². The molecule has 2 aromatic rings. The van der Waals surface area contributed by atoms with Crippen LogP contribution in [0.15, 0.2) is 30.3 Å². The Morgan fingerprint density at radius 2 is 1.92 bits per heavy atom. The van der Waals surface area contributed by atoms with Crippen molar-refractivity contribution < 1.29 is 14.7 Å². The molecule has 0 saturated carbocycles. The van der Waals surface area contributed by atoms with Crippen molar-refractivity contribution in [2.24, 2.45) is 7.05 Å². The average Bonchev–Trinajstić information content (AvgIpc) is 2.95. The number of benzene rings is 1. The third kappa shape index (κ3) is 2.79. The molecule has 3 rings (SSSR count). The van der Waals surface area contributed by atoms with Crippen molar-refractivity contribution in [2.75, 3.05) is 0 Å². The van der Waals surface area contributed by atoms with Gasteiger partial charge in [0.15, 0.2) is 5.69 Å². The van der Waals surface area contributed by atoms with E-state index in [1.807, 2.05) is 38.1 Å². The zero-order valence-electron chi connectivity index (χ0n) is 14.1. The lowest BCUT2D eigenvalue weighted by Crippen LogP contribution is -2.48. The second-order valence-corrected chi connectivity index (χ2v) is 6.49. The van der Waals surface area contributed by atoms with E-state index >= 15 is 0 Å². The van der Waals surface area contributed by atoms with E-state index < -0.39 is 12.0 Å². The smallest absolute Gasteiger partial charge is 0.326 e. The number of nitrogens with zero attached hydrogens (tertiary/aromatic N) is 3. The molecular weight excluding hydrogens is 306 g/mol. The van der Waals surface area contributed by atoms with Crippen molar-refractivity contribution in [3.8, 4) is 0 Å². The van der Waals surface area contributed by atoms with E-state index in [2.05, 4.69) is 5.10 Å². The maximum absolute atomic E-state index is 12.9. The largest absolute Gasteiger partial charge is 0.480 e. The summed E-state index contributed by atoms with van der Waals surface area (Å²) in [6.07, 6.45) is 0.321. The van der Waals surface area contributed by atoms with Crippen LogP contribution in [0.5, 0.6) is 0 Å². The highest BCUT2D eigenvalue weighted by atomic mass is 16.4. The van der Waals surface area contributed by atoms with Crippen LogP contribution in [0.3, 0.4) is 0 Å². The third-order valence-electron chi connectivity index (χ3n) is 4.52. The molecule has 1 N–H and O–H groups in total. The Kier molecular flexibility index (Phi) is 4.13. The number of carboxylic acid groups (broad SMARTS) is 1. The lowest BCUT2D eigenvalue weighted by Gasteiger charge is -2.34. The van der Waals surface area contributed by atoms with E-state index in [0.29, 0.717) is 18.7 Å². The second kappa shape index (κ2) is 6.11. The fraction of sp³-hybridized carbons (Fsp3) is 0.389. The normalized spacial score (nSPS) is 17.0. The quantitative estimate of drug-likeness (QED) is 0.938. The van der Waals surface area contributed by atoms with Gasteiger partial charge in [0.1, 0.15) is 6.04 Å². The average molecular weight is 327 g/mol. The van der Waals surface area contributed by atoms with Gasteiger partial charge in [0.25, 0.3) is 5.91 Å². The number of aryl methyl sites for hydroxylation is 1. The van der Waals surface area contributed by atoms with Gasteiger partial charge in [-0.2, -0.15) is 5.10 Å². The van der Waals surface area contributed by atoms with Gasteiger partial charge in [0, 0.05) is 25.7 Å². The highest BCUT2D eigenvalue weighted by Gasteiger charge is 2.36. The molecule has 0 radical (unpaired) electrons. The van der Waals surface area contributed by atoms with E-state index in [0.717, 1.165) is 16.8 Å². The van der Waals surface area contributed by atoms with Crippen LogP contribution in [-0.4, -0.2) is 37.7 Å². The fourth-order valence-electron chi connectivity index (χ4n) is 3.23. The predicted octanol–water partition coefficient (Wildman–Crippen LogP) is 2.20. The second-order valence-electron chi connectivity index (χ2n) is 6.49. The van der Waals surface area contributed by atoms with E-state index in [9.17, 15) is 14.7 Å². The topological polar surface area (TPSA) is 75.4 Å². The predicted molar refractivity (Wildman–Crippen MR) is 88.7 cm³/mol. The van der Waals surface area contributed by atoms with Gasteiger partial charge < -0.3 is 10.0 Å². The van der Waals surface area contributed by atoms with Crippen LogP contribution in [0.1, 0.15) is 47.1 Å². The molecule has 0 spiro atoms. The highest BCUT2D eigenvalue weighted by molar-refractivity contribution is 5.95. The molecule has 6 heteroatoms. The Morgan fingerprint density at radius 1 is 1.25 bits per heavy atom. The summed E-state index contributed by atoms with van der Waals surface area (Å²) in [4.78, 5) is 26.0. The molecule has 0 saturated heterocycles. The Bertz CT molecular complexity index is 795. The zero-order chi connectivity index (χ0) is 17.4. The molecule has 1 aromatic heterocycles. The minimum absolute atomic E-state index is 0.237. The van der Waals surface area contributed by atoms with Gasteiger partial charge in [-0.05, 0) is 23.1 Å². The Labute approximate surface area is 140 Å². The number of aromatic nitrogens is 2. The Morgan fingerprint density at radius 3 is 2.50 bits per heavy atom. The first-order valence-electron chi connectivity index (χ1n) is 8.03. The molecular formula is C18H21N3O3.